The minimum atomic E-state index is -0.359. The van der Waals surface area contributed by atoms with Crippen molar-refractivity contribution in [1.82, 2.24) is 5.32 Å². The van der Waals surface area contributed by atoms with Gasteiger partial charge in [0.25, 0.3) is 0 Å². The van der Waals surface area contributed by atoms with Crippen molar-refractivity contribution in [3.63, 3.8) is 0 Å². The number of methoxy groups -OCH3 is 1. The van der Waals surface area contributed by atoms with Gasteiger partial charge in [0.15, 0.2) is 0 Å². The predicted molar refractivity (Wildman–Crippen MR) is 87.9 cm³/mol. The van der Waals surface area contributed by atoms with Gasteiger partial charge in [-0.05, 0) is 37.6 Å². The fourth-order valence-electron chi connectivity index (χ4n) is 2.19. The third kappa shape index (κ3) is 4.50. The van der Waals surface area contributed by atoms with Gasteiger partial charge < -0.3 is 19.2 Å². The largest absolute Gasteiger partial charge is 0.495 e. The van der Waals surface area contributed by atoms with E-state index < -0.39 is 0 Å². The Bertz CT molecular complexity index is 681. The lowest BCUT2D eigenvalue weighted by molar-refractivity contribution is 0.0524. The van der Waals surface area contributed by atoms with E-state index in [4.69, 9.17) is 25.5 Å². The second-order valence-electron chi connectivity index (χ2n) is 4.98. The molecule has 0 aliphatic rings. The Morgan fingerprint density at radius 2 is 2.09 bits per heavy atom. The van der Waals surface area contributed by atoms with E-state index in [1.54, 1.807) is 27.0 Å². The van der Waals surface area contributed by atoms with E-state index in [0.717, 1.165) is 5.56 Å². The summed E-state index contributed by atoms with van der Waals surface area (Å²) in [7, 11) is 1.58. The van der Waals surface area contributed by atoms with Crippen LogP contribution in [0.2, 0.25) is 5.02 Å². The third-order valence-electron chi connectivity index (χ3n) is 3.31. The molecule has 0 saturated carbocycles. The van der Waals surface area contributed by atoms with Gasteiger partial charge >= 0.3 is 5.97 Å². The zero-order valence-corrected chi connectivity index (χ0v) is 14.2. The van der Waals surface area contributed by atoms with Crippen LogP contribution in [0.3, 0.4) is 0 Å². The number of nitrogens with one attached hydrogen (secondary N) is 1. The summed E-state index contributed by atoms with van der Waals surface area (Å²) in [6.07, 6.45) is 0. The summed E-state index contributed by atoms with van der Waals surface area (Å²) in [6.45, 7) is 4.99. The summed E-state index contributed by atoms with van der Waals surface area (Å²) < 4.78 is 15.7. The van der Waals surface area contributed by atoms with Crippen LogP contribution >= 0.6 is 11.6 Å². The molecule has 0 aliphatic heterocycles. The lowest BCUT2D eigenvalue weighted by Gasteiger charge is -2.06. The summed E-state index contributed by atoms with van der Waals surface area (Å²) in [5.41, 5.74) is 1.50. The van der Waals surface area contributed by atoms with Crippen LogP contribution in [0.15, 0.2) is 28.7 Å². The monoisotopic (exact) mass is 337 g/mol. The van der Waals surface area contributed by atoms with Gasteiger partial charge in [-0.2, -0.15) is 0 Å². The standard InChI is InChI=1S/C17H20ClNO4/c1-4-22-17(20)14-8-13(23-11(14)2)10-19-9-12-5-6-16(21-3)15(18)7-12/h5-8,19H,4,9-10H2,1-3H3. The quantitative estimate of drug-likeness (QED) is 0.780. The number of esters is 1. The number of halogens is 1. The molecule has 5 nitrogen and oxygen atoms in total. The molecule has 1 heterocycles. The van der Waals surface area contributed by atoms with Crippen LogP contribution in [0, 0.1) is 6.92 Å². The van der Waals surface area contributed by atoms with Crippen molar-refractivity contribution in [3.8, 4) is 5.75 Å². The highest BCUT2D eigenvalue weighted by Crippen LogP contribution is 2.25. The molecule has 2 aromatic rings. The molecule has 124 valence electrons. The van der Waals surface area contributed by atoms with Gasteiger partial charge in [-0.1, -0.05) is 17.7 Å². The molecule has 1 aromatic heterocycles. The highest BCUT2D eigenvalue weighted by molar-refractivity contribution is 6.32. The van der Waals surface area contributed by atoms with Gasteiger partial charge in [-0.25, -0.2) is 4.79 Å². The van der Waals surface area contributed by atoms with Crippen LogP contribution in [0.5, 0.6) is 5.75 Å². The van der Waals surface area contributed by atoms with Gasteiger partial charge in [0.2, 0.25) is 0 Å². The van der Waals surface area contributed by atoms with E-state index in [9.17, 15) is 4.79 Å². The molecule has 6 heteroatoms. The van der Waals surface area contributed by atoms with Crippen LogP contribution < -0.4 is 10.1 Å². The summed E-state index contributed by atoms with van der Waals surface area (Å²) in [4.78, 5) is 11.7. The molecule has 0 unspecified atom stereocenters. The fourth-order valence-corrected chi connectivity index (χ4v) is 2.47. The number of carbonyl (C=O) groups excluding carboxylic acids is 1. The van der Waals surface area contributed by atoms with Gasteiger partial charge in [-0.3, -0.25) is 0 Å². The van der Waals surface area contributed by atoms with Crippen molar-refractivity contribution in [1.29, 1.82) is 0 Å². The Balaban J connectivity index is 1.93. The van der Waals surface area contributed by atoms with Gasteiger partial charge in [-0.15, -0.1) is 0 Å². The molecule has 0 aliphatic carbocycles. The Labute approximate surface area is 140 Å². The number of aryl methyl sites for hydroxylation is 1. The number of ether oxygens (including phenoxy) is 2. The Morgan fingerprint density at radius 1 is 1.30 bits per heavy atom. The number of hydrogen-bond acceptors (Lipinski definition) is 5. The smallest absolute Gasteiger partial charge is 0.341 e. The number of hydrogen-bond donors (Lipinski definition) is 1. The first-order valence-electron chi connectivity index (χ1n) is 7.34. The van der Waals surface area contributed by atoms with Gasteiger partial charge in [0.1, 0.15) is 22.8 Å². The normalized spacial score (nSPS) is 10.6. The van der Waals surface area contributed by atoms with Crippen LogP contribution in [0.1, 0.15) is 34.4 Å². The first kappa shape index (κ1) is 17.4. The summed E-state index contributed by atoms with van der Waals surface area (Å²) in [6, 6.07) is 7.33. The van der Waals surface area contributed by atoms with E-state index in [1.807, 2.05) is 18.2 Å². The first-order valence-corrected chi connectivity index (χ1v) is 7.72. The lowest BCUT2D eigenvalue weighted by atomic mass is 10.2. The van der Waals surface area contributed by atoms with E-state index in [0.29, 0.717) is 47.6 Å². The SMILES string of the molecule is CCOC(=O)c1cc(CNCc2ccc(OC)c(Cl)c2)oc1C. The first-order chi connectivity index (χ1) is 11.0. The van der Waals surface area contributed by atoms with Crippen LogP contribution in [-0.4, -0.2) is 19.7 Å². The molecule has 0 atom stereocenters. The molecule has 0 bridgehead atoms. The third-order valence-corrected chi connectivity index (χ3v) is 3.60. The van der Waals surface area contributed by atoms with Crippen molar-refractivity contribution in [2.24, 2.45) is 0 Å². The van der Waals surface area contributed by atoms with Crippen molar-refractivity contribution in [2.45, 2.75) is 26.9 Å². The molecule has 0 amide bonds. The number of furan rings is 1. The van der Waals surface area contributed by atoms with Crippen LogP contribution in [-0.2, 0) is 17.8 Å². The van der Waals surface area contributed by atoms with Crippen LogP contribution in [0.25, 0.3) is 0 Å². The summed E-state index contributed by atoms with van der Waals surface area (Å²) >= 11 is 6.09. The maximum absolute atomic E-state index is 11.7. The average molecular weight is 338 g/mol. The second-order valence-corrected chi connectivity index (χ2v) is 5.38. The molecule has 1 N–H and O–H groups in total. The number of rotatable bonds is 7. The fraction of sp³-hybridized carbons (Fsp3) is 0.353. The average Bonchev–Trinajstić information content (AvgIpc) is 2.89. The summed E-state index contributed by atoms with van der Waals surface area (Å²) in [5.74, 6) is 1.54. The number of carbonyl (C=O) groups is 1. The number of benzene rings is 1. The van der Waals surface area contributed by atoms with E-state index in [-0.39, 0.29) is 5.97 Å². The van der Waals surface area contributed by atoms with Gasteiger partial charge in [0.05, 0.1) is 25.3 Å². The minimum absolute atomic E-state index is 0.343. The molecular weight excluding hydrogens is 318 g/mol. The van der Waals surface area contributed by atoms with Crippen molar-refractivity contribution >= 4 is 17.6 Å². The molecule has 0 saturated heterocycles. The van der Waals surface area contributed by atoms with E-state index in [1.165, 1.54) is 0 Å². The molecular formula is C17H20ClNO4. The highest BCUT2D eigenvalue weighted by Gasteiger charge is 2.15. The zero-order valence-electron chi connectivity index (χ0n) is 13.4. The van der Waals surface area contributed by atoms with Crippen LogP contribution in [0.4, 0.5) is 0 Å². The molecule has 1 aromatic carbocycles. The van der Waals surface area contributed by atoms with Crippen molar-refractivity contribution in [2.75, 3.05) is 13.7 Å². The molecule has 0 fully saturated rings. The maximum atomic E-state index is 11.7. The molecule has 0 radical (unpaired) electrons. The lowest BCUT2D eigenvalue weighted by Crippen LogP contribution is -2.12. The second kappa shape index (κ2) is 8.04. The molecule has 23 heavy (non-hydrogen) atoms. The van der Waals surface area contributed by atoms with E-state index >= 15 is 0 Å². The van der Waals surface area contributed by atoms with E-state index in [2.05, 4.69) is 5.32 Å². The predicted octanol–water partition coefficient (Wildman–Crippen LogP) is 3.72. The summed E-state index contributed by atoms with van der Waals surface area (Å²) in [5, 5.41) is 3.82. The zero-order chi connectivity index (χ0) is 16.8. The Hall–Kier alpha value is -1.98. The van der Waals surface area contributed by atoms with Crippen molar-refractivity contribution in [3.05, 3.63) is 51.9 Å². The minimum Gasteiger partial charge on any atom is -0.495 e. The topological polar surface area (TPSA) is 60.7 Å². The van der Waals surface area contributed by atoms with Crippen molar-refractivity contribution < 1.29 is 18.7 Å². The molecule has 2 rings (SSSR count). The molecule has 0 spiro atoms. The van der Waals surface area contributed by atoms with Gasteiger partial charge in [0, 0.05) is 6.54 Å². The Morgan fingerprint density at radius 3 is 2.74 bits per heavy atom. The Kier molecular flexibility index (Phi) is 6.07. The highest BCUT2D eigenvalue weighted by atomic mass is 35.5. The maximum Gasteiger partial charge on any atom is 0.341 e.